The van der Waals surface area contributed by atoms with Gasteiger partial charge in [0.05, 0.1) is 18.2 Å². The Morgan fingerprint density at radius 1 is 1.35 bits per heavy atom. The summed E-state index contributed by atoms with van der Waals surface area (Å²) < 4.78 is 11.7. The Hall–Kier alpha value is -0.490. The minimum absolute atomic E-state index is 0.105. The van der Waals surface area contributed by atoms with E-state index in [4.69, 9.17) is 9.47 Å². The highest BCUT2D eigenvalue weighted by atomic mass is 32.1. The predicted molar refractivity (Wildman–Crippen MR) is 66.2 cm³/mol. The largest absolute Gasteiger partial charge is 0.381 e. The average molecular weight is 254 g/mol. The van der Waals surface area contributed by atoms with E-state index in [1.165, 1.54) is 0 Å². The lowest BCUT2D eigenvalue weighted by molar-refractivity contribution is -0.109. The van der Waals surface area contributed by atoms with Crippen molar-refractivity contribution in [2.24, 2.45) is 0 Å². The number of thiazole rings is 1. The van der Waals surface area contributed by atoms with Crippen LogP contribution in [0.4, 0.5) is 0 Å². The molecule has 0 bridgehead atoms. The standard InChI is InChI=1S/C12H18N2O2S/c1-2-12(3-7-15-6-1)10(13-4-8-16-12)11-14-5-9-17-11/h5,9-10,13H,1-4,6-8H2. The van der Waals surface area contributed by atoms with Gasteiger partial charge in [0.25, 0.3) is 0 Å². The second kappa shape index (κ2) is 5.02. The molecular formula is C12H18N2O2S. The monoisotopic (exact) mass is 254 g/mol. The smallest absolute Gasteiger partial charge is 0.112 e. The molecule has 0 amide bonds. The summed E-state index contributed by atoms with van der Waals surface area (Å²) in [6, 6.07) is 0.234. The number of hydrogen-bond donors (Lipinski definition) is 1. The fourth-order valence-corrected chi connectivity index (χ4v) is 3.61. The van der Waals surface area contributed by atoms with Gasteiger partial charge < -0.3 is 14.8 Å². The van der Waals surface area contributed by atoms with Crippen molar-refractivity contribution in [2.75, 3.05) is 26.4 Å². The molecule has 0 radical (unpaired) electrons. The minimum atomic E-state index is -0.105. The molecule has 0 aromatic carbocycles. The van der Waals surface area contributed by atoms with Gasteiger partial charge in [-0.25, -0.2) is 4.98 Å². The highest BCUT2D eigenvalue weighted by Gasteiger charge is 2.44. The molecule has 1 aromatic rings. The summed E-state index contributed by atoms with van der Waals surface area (Å²) in [5.74, 6) is 0. The number of ether oxygens (including phenoxy) is 2. The number of aromatic nitrogens is 1. The molecule has 1 N–H and O–H groups in total. The summed E-state index contributed by atoms with van der Waals surface area (Å²) in [7, 11) is 0. The van der Waals surface area contributed by atoms with Crippen LogP contribution in [0.1, 0.15) is 30.3 Å². The van der Waals surface area contributed by atoms with Gasteiger partial charge in [-0.15, -0.1) is 11.3 Å². The van der Waals surface area contributed by atoms with Crippen LogP contribution in [0.3, 0.4) is 0 Å². The molecular weight excluding hydrogens is 236 g/mol. The normalized spacial score (nSPS) is 34.7. The van der Waals surface area contributed by atoms with Gasteiger partial charge in [-0.1, -0.05) is 0 Å². The molecule has 2 unspecified atom stereocenters. The first-order chi connectivity index (χ1) is 8.41. The van der Waals surface area contributed by atoms with Crippen molar-refractivity contribution in [1.29, 1.82) is 0 Å². The number of nitrogens with one attached hydrogen (secondary N) is 1. The van der Waals surface area contributed by atoms with Gasteiger partial charge in [0, 0.05) is 37.8 Å². The Kier molecular flexibility index (Phi) is 3.42. The van der Waals surface area contributed by atoms with Crippen molar-refractivity contribution in [1.82, 2.24) is 10.3 Å². The molecule has 2 fully saturated rings. The van der Waals surface area contributed by atoms with E-state index >= 15 is 0 Å². The van der Waals surface area contributed by atoms with Crippen LogP contribution < -0.4 is 5.32 Å². The Bertz CT molecular complexity index is 347. The summed E-state index contributed by atoms with van der Waals surface area (Å²) in [4.78, 5) is 4.46. The summed E-state index contributed by atoms with van der Waals surface area (Å²) >= 11 is 1.71. The van der Waals surface area contributed by atoms with Crippen LogP contribution in [0.2, 0.25) is 0 Å². The molecule has 4 nitrogen and oxygen atoms in total. The molecule has 17 heavy (non-hydrogen) atoms. The van der Waals surface area contributed by atoms with Crippen molar-refractivity contribution in [2.45, 2.75) is 30.9 Å². The lowest BCUT2D eigenvalue weighted by Crippen LogP contribution is -2.52. The Balaban J connectivity index is 1.87. The fourth-order valence-electron chi connectivity index (χ4n) is 2.79. The molecule has 94 valence electrons. The van der Waals surface area contributed by atoms with E-state index < -0.39 is 0 Å². The van der Waals surface area contributed by atoms with Gasteiger partial charge >= 0.3 is 0 Å². The molecule has 5 heteroatoms. The van der Waals surface area contributed by atoms with Crippen LogP contribution in [-0.2, 0) is 9.47 Å². The van der Waals surface area contributed by atoms with Crippen molar-refractivity contribution in [3.8, 4) is 0 Å². The number of nitrogens with zero attached hydrogens (tertiary/aromatic N) is 1. The first kappa shape index (κ1) is 11.6. The first-order valence-electron chi connectivity index (χ1n) is 6.25. The Labute approximate surface area is 105 Å². The van der Waals surface area contributed by atoms with Gasteiger partial charge in [0.1, 0.15) is 5.01 Å². The van der Waals surface area contributed by atoms with Crippen LogP contribution >= 0.6 is 11.3 Å². The molecule has 0 aliphatic carbocycles. The van der Waals surface area contributed by atoms with E-state index in [9.17, 15) is 0 Å². The summed E-state index contributed by atoms with van der Waals surface area (Å²) in [6.45, 7) is 3.36. The van der Waals surface area contributed by atoms with E-state index in [-0.39, 0.29) is 11.6 Å². The van der Waals surface area contributed by atoms with Gasteiger partial charge in [-0.2, -0.15) is 0 Å². The van der Waals surface area contributed by atoms with Crippen molar-refractivity contribution >= 4 is 11.3 Å². The quantitative estimate of drug-likeness (QED) is 0.829. The van der Waals surface area contributed by atoms with Crippen molar-refractivity contribution in [3.05, 3.63) is 16.6 Å². The molecule has 2 saturated heterocycles. The zero-order valence-corrected chi connectivity index (χ0v) is 10.7. The van der Waals surface area contributed by atoms with Crippen molar-refractivity contribution in [3.63, 3.8) is 0 Å². The average Bonchev–Trinajstić information content (AvgIpc) is 2.79. The van der Waals surface area contributed by atoms with E-state index in [2.05, 4.69) is 10.3 Å². The highest BCUT2D eigenvalue weighted by molar-refractivity contribution is 7.09. The summed E-state index contributed by atoms with van der Waals surface area (Å²) in [5.41, 5.74) is -0.105. The van der Waals surface area contributed by atoms with Crippen molar-refractivity contribution < 1.29 is 9.47 Å². The number of rotatable bonds is 1. The van der Waals surface area contributed by atoms with E-state index in [0.29, 0.717) is 0 Å². The van der Waals surface area contributed by atoms with Gasteiger partial charge in [0.15, 0.2) is 0 Å². The number of hydrogen-bond acceptors (Lipinski definition) is 5. The third-order valence-corrected chi connectivity index (χ3v) is 4.46. The zero-order valence-electron chi connectivity index (χ0n) is 9.85. The summed E-state index contributed by atoms with van der Waals surface area (Å²) in [5, 5.41) is 6.76. The van der Waals surface area contributed by atoms with Crippen LogP contribution in [0.15, 0.2) is 11.6 Å². The minimum Gasteiger partial charge on any atom is -0.381 e. The van der Waals surface area contributed by atoms with Crippen LogP contribution in [-0.4, -0.2) is 37.0 Å². The predicted octanol–water partition coefficient (Wildman–Crippen LogP) is 1.74. The lowest BCUT2D eigenvalue weighted by Gasteiger charge is -2.43. The zero-order chi connectivity index (χ0) is 11.6. The second-order valence-electron chi connectivity index (χ2n) is 4.64. The second-order valence-corrected chi connectivity index (χ2v) is 5.56. The molecule has 2 aliphatic rings. The molecule has 0 saturated carbocycles. The van der Waals surface area contributed by atoms with Crippen LogP contribution in [0.5, 0.6) is 0 Å². The summed E-state index contributed by atoms with van der Waals surface area (Å²) in [6.07, 6.45) is 4.97. The maximum atomic E-state index is 6.15. The van der Waals surface area contributed by atoms with Gasteiger partial charge in [-0.05, 0) is 12.8 Å². The van der Waals surface area contributed by atoms with Gasteiger partial charge in [-0.3, -0.25) is 0 Å². The molecule has 3 heterocycles. The Morgan fingerprint density at radius 3 is 3.24 bits per heavy atom. The Morgan fingerprint density at radius 2 is 2.35 bits per heavy atom. The van der Waals surface area contributed by atoms with E-state index in [1.807, 2.05) is 11.6 Å². The SMILES string of the molecule is c1csc(C2NCCOC23CCCOCC3)n1. The van der Waals surface area contributed by atoms with Crippen LogP contribution in [0.25, 0.3) is 0 Å². The van der Waals surface area contributed by atoms with Crippen LogP contribution in [0, 0.1) is 0 Å². The maximum Gasteiger partial charge on any atom is 0.112 e. The van der Waals surface area contributed by atoms with E-state index in [1.54, 1.807) is 11.3 Å². The molecule has 1 aromatic heterocycles. The topological polar surface area (TPSA) is 43.4 Å². The lowest BCUT2D eigenvalue weighted by atomic mass is 9.85. The van der Waals surface area contributed by atoms with Gasteiger partial charge in [0.2, 0.25) is 0 Å². The fraction of sp³-hybridized carbons (Fsp3) is 0.750. The first-order valence-corrected chi connectivity index (χ1v) is 7.13. The molecule has 2 aliphatic heterocycles. The van der Waals surface area contributed by atoms with E-state index in [0.717, 1.165) is 50.6 Å². The maximum absolute atomic E-state index is 6.15. The highest BCUT2D eigenvalue weighted by Crippen LogP contribution is 2.40. The molecule has 1 spiro atoms. The number of morpholine rings is 1. The molecule has 2 atom stereocenters. The third-order valence-electron chi connectivity index (χ3n) is 3.62. The third kappa shape index (κ3) is 2.25. The molecule has 3 rings (SSSR count).